The maximum atomic E-state index is 11.8. The first-order chi connectivity index (χ1) is 9.20. The minimum absolute atomic E-state index is 0.201. The van der Waals surface area contributed by atoms with Crippen LogP contribution in [0.2, 0.25) is 0 Å². The van der Waals surface area contributed by atoms with Crippen molar-refractivity contribution in [3.05, 3.63) is 29.3 Å². The van der Waals surface area contributed by atoms with Gasteiger partial charge in [0.15, 0.2) is 0 Å². The van der Waals surface area contributed by atoms with Gasteiger partial charge in [-0.05, 0) is 49.3 Å². The van der Waals surface area contributed by atoms with E-state index in [1.807, 2.05) is 0 Å². The van der Waals surface area contributed by atoms with Gasteiger partial charge < -0.3 is 10.1 Å². The van der Waals surface area contributed by atoms with Gasteiger partial charge in [0.05, 0.1) is 6.61 Å². The summed E-state index contributed by atoms with van der Waals surface area (Å²) in [6, 6.07) is 6.57. The van der Waals surface area contributed by atoms with E-state index in [2.05, 4.69) is 30.4 Å². The van der Waals surface area contributed by atoms with Crippen LogP contribution in [0.4, 0.5) is 0 Å². The Morgan fingerprint density at radius 1 is 1.47 bits per heavy atom. The molecule has 0 aromatic heterocycles. The molecule has 1 fully saturated rings. The number of hydrogen-bond acceptors (Lipinski definition) is 2. The molecule has 0 bridgehead atoms. The molecule has 1 aliphatic heterocycles. The number of nitrogens with one attached hydrogen (secondary N) is 1. The zero-order chi connectivity index (χ0) is 13.2. The van der Waals surface area contributed by atoms with Crippen molar-refractivity contribution in [2.24, 2.45) is 5.92 Å². The molecule has 0 saturated heterocycles. The Morgan fingerprint density at radius 3 is 3.11 bits per heavy atom. The molecule has 1 atom stereocenters. The fraction of sp³-hybridized carbons (Fsp3) is 0.562. The van der Waals surface area contributed by atoms with Crippen molar-refractivity contribution >= 4 is 5.91 Å². The molecular weight excluding hydrogens is 238 g/mol. The lowest BCUT2D eigenvalue weighted by Crippen LogP contribution is -2.34. The molecule has 1 aliphatic carbocycles. The van der Waals surface area contributed by atoms with Gasteiger partial charge in [0.1, 0.15) is 5.75 Å². The SMILES string of the molecule is C[C@@H](Cc1ccc2c(c1)CCO2)NC(=O)CC1CC1. The van der Waals surface area contributed by atoms with E-state index in [4.69, 9.17) is 4.74 Å². The lowest BCUT2D eigenvalue weighted by molar-refractivity contribution is -0.122. The average molecular weight is 259 g/mol. The molecule has 1 aromatic carbocycles. The van der Waals surface area contributed by atoms with Crippen LogP contribution in [-0.4, -0.2) is 18.6 Å². The molecule has 3 heteroatoms. The van der Waals surface area contributed by atoms with Gasteiger partial charge in [-0.1, -0.05) is 12.1 Å². The highest BCUT2D eigenvalue weighted by molar-refractivity contribution is 5.76. The third kappa shape index (κ3) is 3.28. The number of carbonyl (C=O) groups excluding carboxylic acids is 1. The lowest BCUT2D eigenvalue weighted by Gasteiger charge is -2.14. The predicted molar refractivity (Wildman–Crippen MR) is 74.3 cm³/mol. The largest absolute Gasteiger partial charge is 0.493 e. The monoisotopic (exact) mass is 259 g/mol. The Labute approximate surface area is 114 Å². The Kier molecular flexibility index (Phi) is 3.45. The summed E-state index contributed by atoms with van der Waals surface area (Å²) in [5.41, 5.74) is 2.58. The van der Waals surface area contributed by atoms with E-state index in [0.29, 0.717) is 12.3 Å². The Morgan fingerprint density at radius 2 is 2.32 bits per heavy atom. The molecule has 1 N–H and O–H groups in total. The zero-order valence-corrected chi connectivity index (χ0v) is 11.4. The number of fused-ring (bicyclic) bond motifs is 1. The van der Waals surface area contributed by atoms with E-state index in [1.54, 1.807) is 0 Å². The van der Waals surface area contributed by atoms with Crippen LogP contribution < -0.4 is 10.1 Å². The highest BCUT2D eigenvalue weighted by Crippen LogP contribution is 2.32. The molecule has 19 heavy (non-hydrogen) atoms. The van der Waals surface area contributed by atoms with Gasteiger partial charge in [-0.2, -0.15) is 0 Å². The maximum absolute atomic E-state index is 11.8. The summed E-state index contributed by atoms with van der Waals surface area (Å²) in [6.45, 7) is 2.88. The summed E-state index contributed by atoms with van der Waals surface area (Å²) in [4.78, 5) is 11.8. The second kappa shape index (κ2) is 5.24. The molecule has 1 amide bonds. The van der Waals surface area contributed by atoms with E-state index in [1.165, 1.54) is 24.0 Å². The van der Waals surface area contributed by atoms with Crippen molar-refractivity contribution in [2.75, 3.05) is 6.61 Å². The smallest absolute Gasteiger partial charge is 0.220 e. The number of hydrogen-bond donors (Lipinski definition) is 1. The fourth-order valence-corrected chi connectivity index (χ4v) is 2.69. The summed E-state index contributed by atoms with van der Waals surface area (Å²) < 4.78 is 5.50. The second-order valence-electron chi connectivity index (χ2n) is 5.86. The molecule has 1 heterocycles. The van der Waals surface area contributed by atoms with Gasteiger partial charge in [0.2, 0.25) is 5.91 Å². The number of carbonyl (C=O) groups is 1. The maximum Gasteiger partial charge on any atom is 0.220 e. The van der Waals surface area contributed by atoms with E-state index in [0.717, 1.165) is 25.2 Å². The summed E-state index contributed by atoms with van der Waals surface area (Å²) in [7, 11) is 0. The van der Waals surface area contributed by atoms with Crippen LogP contribution in [0.25, 0.3) is 0 Å². The third-order valence-corrected chi connectivity index (χ3v) is 3.87. The first kappa shape index (κ1) is 12.5. The van der Waals surface area contributed by atoms with Gasteiger partial charge in [0, 0.05) is 18.9 Å². The molecule has 3 rings (SSSR count). The van der Waals surface area contributed by atoms with E-state index >= 15 is 0 Å². The van der Waals surface area contributed by atoms with Crippen molar-refractivity contribution in [3.8, 4) is 5.75 Å². The van der Waals surface area contributed by atoms with Gasteiger partial charge in [-0.15, -0.1) is 0 Å². The number of rotatable bonds is 5. The topological polar surface area (TPSA) is 38.3 Å². The highest BCUT2D eigenvalue weighted by Gasteiger charge is 2.24. The van der Waals surface area contributed by atoms with Gasteiger partial charge >= 0.3 is 0 Å². The van der Waals surface area contributed by atoms with Crippen molar-refractivity contribution in [1.29, 1.82) is 0 Å². The van der Waals surface area contributed by atoms with Crippen molar-refractivity contribution in [2.45, 2.75) is 45.1 Å². The molecular formula is C16H21NO2. The predicted octanol–water partition coefficient (Wildman–Crippen LogP) is 2.47. The quantitative estimate of drug-likeness (QED) is 0.882. The number of benzene rings is 1. The standard InChI is InChI=1S/C16H21NO2/c1-11(17-16(18)10-12-2-3-12)8-13-4-5-15-14(9-13)6-7-19-15/h4-5,9,11-12H,2-3,6-8,10H2,1H3,(H,17,18)/t11-/m0/s1. The summed E-state index contributed by atoms with van der Waals surface area (Å²) >= 11 is 0. The minimum atomic E-state index is 0.201. The molecule has 0 radical (unpaired) electrons. The zero-order valence-electron chi connectivity index (χ0n) is 11.4. The molecule has 2 aliphatic rings. The molecule has 0 spiro atoms. The van der Waals surface area contributed by atoms with Crippen molar-refractivity contribution < 1.29 is 9.53 Å². The Hall–Kier alpha value is -1.51. The fourth-order valence-electron chi connectivity index (χ4n) is 2.69. The van der Waals surface area contributed by atoms with E-state index in [-0.39, 0.29) is 11.9 Å². The van der Waals surface area contributed by atoms with Gasteiger partial charge in [0.25, 0.3) is 0 Å². The first-order valence-electron chi connectivity index (χ1n) is 7.24. The van der Waals surface area contributed by atoms with Crippen LogP contribution >= 0.6 is 0 Å². The van der Waals surface area contributed by atoms with Crippen LogP contribution in [-0.2, 0) is 17.6 Å². The van der Waals surface area contributed by atoms with Crippen LogP contribution in [0.15, 0.2) is 18.2 Å². The van der Waals surface area contributed by atoms with Crippen LogP contribution in [0.5, 0.6) is 5.75 Å². The molecule has 1 aromatic rings. The first-order valence-corrected chi connectivity index (χ1v) is 7.24. The van der Waals surface area contributed by atoms with Crippen molar-refractivity contribution in [3.63, 3.8) is 0 Å². The second-order valence-corrected chi connectivity index (χ2v) is 5.86. The minimum Gasteiger partial charge on any atom is -0.493 e. The molecule has 0 unspecified atom stereocenters. The van der Waals surface area contributed by atoms with E-state index < -0.39 is 0 Å². The van der Waals surface area contributed by atoms with E-state index in [9.17, 15) is 4.79 Å². The van der Waals surface area contributed by atoms with Crippen LogP contribution in [0.3, 0.4) is 0 Å². The Bertz CT molecular complexity index is 480. The highest BCUT2D eigenvalue weighted by atomic mass is 16.5. The van der Waals surface area contributed by atoms with Gasteiger partial charge in [-0.25, -0.2) is 0 Å². The summed E-state index contributed by atoms with van der Waals surface area (Å²) in [5, 5.41) is 3.10. The third-order valence-electron chi connectivity index (χ3n) is 3.87. The number of amides is 1. The van der Waals surface area contributed by atoms with Crippen LogP contribution in [0, 0.1) is 5.92 Å². The Balaban J connectivity index is 1.53. The molecule has 3 nitrogen and oxygen atoms in total. The van der Waals surface area contributed by atoms with Crippen molar-refractivity contribution in [1.82, 2.24) is 5.32 Å². The van der Waals surface area contributed by atoms with Gasteiger partial charge in [-0.3, -0.25) is 4.79 Å². The average Bonchev–Trinajstić information content (AvgIpc) is 3.04. The number of ether oxygens (including phenoxy) is 1. The summed E-state index contributed by atoms with van der Waals surface area (Å²) in [5.74, 6) is 1.89. The molecule has 102 valence electrons. The summed E-state index contributed by atoms with van der Waals surface area (Å²) in [6.07, 6.45) is 5.07. The normalized spacial score (nSPS) is 18.6. The lowest BCUT2D eigenvalue weighted by atomic mass is 10.0. The van der Waals surface area contributed by atoms with Crippen LogP contribution in [0.1, 0.15) is 37.3 Å². The molecule has 1 saturated carbocycles.